The Hall–Kier alpha value is -3.69. The van der Waals surface area contributed by atoms with Crippen LogP contribution in [0.15, 0.2) is 34.2 Å². The lowest BCUT2D eigenvalue weighted by molar-refractivity contribution is -0.112. The summed E-state index contributed by atoms with van der Waals surface area (Å²) in [5.74, 6) is 0.555. The summed E-state index contributed by atoms with van der Waals surface area (Å²) >= 11 is 0.708. The number of aromatic nitrogens is 3. The third kappa shape index (κ3) is 5.05. The van der Waals surface area contributed by atoms with E-state index in [1.807, 2.05) is 36.6 Å². The molecule has 0 fully saturated rings. The molecular weight excluding hydrogens is 466 g/mol. The van der Waals surface area contributed by atoms with Gasteiger partial charge in [0.2, 0.25) is 19.3 Å². The number of rotatable bonds is 7. The van der Waals surface area contributed by atoms with Crippen molar-refractivity contribution in [1.29, 1.82) is 5.26 Å². The lowest BCUT2D eigenvalue weighted by Gasteiger charge is -2.15. The zero-order valence-corrected chi connectivity index (χ0v) is 20.2. The lowest BCUT2D eigenvalue weighted by Crippen LogP contribution is -2.13. The fraction of sp³-hybridized carbons (Fsp3) is 0.238. The van der Waals surface area contributed by atoms with Gasteiger partial charge in [-0.15, -0.1) is 10.2 Å². The van der Waals surface area contributed by atoms with Gasteiger partial charge in [0.05, 0.1) is 19.9 Å². The monoisotopic (exact) mass is 487 g/mol. The van der Waals surface area contributed by atoms with Crippen molar-refractivity contribution in [1.82, 2.24) is 14.8 Å². The van der Waals surface area contributed by atoms with Crippen molar-refractivity contribution in [3.63, 3.8) is 0 Å². The first-order valence-electron chi connectivity index (χ1n) is 9.47. The maximum atomic E-state index is 12.6. The number of benzene rings is 1. The quantitative estimate of drug-likeness (QED) is 0.305. The van der Waals surface area contributed by atoms with Gasteiger partial charge in [-0.3, -0.25) is 10.1 Å². The van der Waals surface area contributed by atoms with Crippen molar-refractivity contribution in [3.8, 4) is 23.3 Å². The SMILES string of the molecule is COc1ccc(OC)c(-n2c(C)cc(C=C(C#N)C(=O)Nc3nnc(S(C)(=O)=O)s3)c2C)c1. The molecule has 0 saturated carbocycles. The van der Waals surface area contributed by atoms with Crippen LogP contribution in [0.4, 0.5) is 5.13 Å². The molecule has 0 unspecified atom stereocenters. The van der Waals surface area contributed by atoms with Crippen LogP contribution in [-0.4, -0.2) is 49.6 Å². The molecule has 12 heteroatoms. The van der Waals surface area contributed by atoms with Crippen LogP contribution in [0.3, 0.4) is 0 Å². The number of carbonyl (C=O) groups excluding carboxylic acids is 1. The second-order valence-corrected chi connectivity index (χ2v) is 10.1. The number of amides is 1. The topological polar surface area (TPSA) is 136 Å². The molecular formula is C21H21N5O5S2. The van der Waals surface area contributed by atoms with E-state index in [9.17, 15) is 18.5 Å². The lowest BCUT2D eigenvalue weighted by atomic mass is 10.1. The molecule has 3 rings (SSSR count). The van der Waals surface area contributed by atoms with Crippen molar-refractivity contribution >= 4 is 38.3 Å². The Morgan fingerprint density at radius 3 is 2.52 bits per heavy atom. The van der Waals surface area contributed by atoms with Gasteiger partial charge in [-0.1, -0.05) is 11.3 Å². The molecule has 0 bridgehead atoms. The van der Waals surface area contributed by atoms with Gasteiger partial charge in [-0.05, 0) is 43.7 Å². The second kappa shape index (κ2) is 9.43. The Bertz CT molecular complexity index is 1400. The molecule has 0 atom stereocenters. The van der Waals surface area contributed by atoms with E-state index < -0.39 is 15.7 Å². The summed E-state index contributed by atoms with van der Waals surface area (Å²) in [5, 5.41) is 19.1. The highest BCUT2D eigenvalue weighted by atomic mass is 32.2. The molecule has 0 aliphatic carbocycles. The van der Waals surface area contributed by atoms with Crippen LogP contribution >= 0.6 is 11.3 Å². The second-order valence-electron chi connectivity index (χ2n) is 6.97. The third-order valence-electron chi connectivity index (χ3n) is 4.71. The third-order valence-corrected chi connectivity index (χ3v) is 7.21. The first-order valence-corrected chi connectivity index (χ1v) is 12.2. The van der Waals surface area contributed by atoms with E-state index in [1.165, 1.54) is 6.08 Å². The first-order chi connectivity index (χ1) is 15.6. The molecule has 0 saturated heterocycles. The molecule has 0 spiro atoms. The maximum Gasteiger partial charge on any atom is 0.268 e. The van der Waals surface area contributed by atoms with Gasteiger partial charge in [0.15, 0.2) is 0 Å². The zero-order chi connectivity index (χ0) is 24.3. The van der Waals surface area contributed by atoms with Crippen LogP contribution in [-0.2, 0) is 14.6 Å². The Balaban J connectivity index is 1.97. The fourth-order valence-corrected chi connectivity index (χ4v) is 4.66. The van der Waals surface area contributed by atoms with Crippen LogP contribution < -0.4 is 14.8 Å². The fourth-order valence-electron chi connectivity index (χ4n) is 3.15. The molecule has 172 valence electrons. The van der Waals surface area contributed by atoms with Crippen molar-refractivity contribution in [3.05, 3.63) is 46.8 Å². The highest BCUT2D eigenvalue weighted by Gasteiger charge is 2.19. The molecule has 2 aromatic heterocycles. The van der Waals surface area contributed by atoms with E-state index in [-0.39, 0.29) is 15.0 Å². The average molecular weight is 488 g/mol. The number of aryl methyl sites for hydroxylation is 1. The molecule has 1 amide bonds. The maximum absolute atomic E-state index is 12.6. The zero-order valence-electron chi connectivity index (χ0n) is 18.5. The van der Waals surface area contributed by atoms with Crippen molar-refractivity contribution < 1.29 is 22.7 Å². The van der Waals surface area contributed by atoms with Crippen molar-refractivity contribution in [2.75, 3.05) is 25.8 Å². The number of anilines is 1. The summed E-state index contributed by atoms with van der Waals surface area (Å²) in [7, 11) is -0.401. The summed E-state index contributed by atoms with van der Waals surface area (Å²) in [6.45, 7) is 3.75. The van der Waals surface area contributed by atoms with E-state index >= 15 is 0 Å². The van der Waals surface area contributed by atoms with Gasteiger partial charge in [0.25, 0.3) is 5.91 Å². The van der Waals surface area contributed by atoms with Crippen molar-refractivity contribution in [2.24, 2.45) is 0 Å². The summed E-state index contributed by atoms with van der Waals surface area (Å²) < 4.78 is 35.6. The van der Waals surface area contributed by atoms with E-state index in [4.69, 9.17) is 9.47 Å². The molecule has 2 heterocycles. The number of methoxy groups -OCH3 is 2. The van der Waals surface area contributed by atoms with Gasteiger partial charge in [-0.25, -0.2) is 8.42 Å². The summed E-state index contributed by atoms with van der Waals surface area (Å²) in [6.07, 6.45) is 2.45. The summed E-state index contributed by atoms with van der Waals surface area (Å²) in [6, 6.07) is 9.13. The summed E-state index contributed by atoms with van der Waals surface area (Å²) in [4.78, 5) is 12.6. The average Bonchev–Trinajstić information content (AvgIpc) is 3.35. The Labute approximate surface area is 195 Å². The molecule has 0 aliphatic rings. The van der Waals surface area contributed by atoms with Gasteiger partial charge in [0, 0.05) is 23.7 Å². The van der Waals surface area contributed by atoms with Crippen molar-refractivity contribution in [2.45, 2.75) is 18.2 Å². The van der Waals surface area contributed by atoms with E-state index in [1.54, 1.807) is 26.4 Å². The predicted molar refractivity (Wildman–Crippen MR) is 124 cm³/mol. The normalized spacial score (nSPS) is 11.7. The van der Waals surface area contributed by atoms with Crippen LogP contribution in [0.5, 0.6) is 11.5 Å². The number of sulfone groups is 1. The Morgan fingerprint density at radius 2 is 1.94 bits per heavy atom. The molecule has 1 aromatic carbocycles. The van der Waals surface area contributed by atoms with E-state index in [2.05, 4.69) is 15.5 Å². The van der Waals surface area contributed by atoms with Gasteiger partial charge < -0.3 is 14.0 Å². The smallest absolute Gasteiger partial charge is 0.268 e. The minimum atomic E-state index is -3.54. The van der Waals surface area contributed by atoms with Gasteiger partial charge in [-0.2, -0.15) is 5.26 Å². The number of nitriles is 1. The van der Waals surface area contributed by atoms with E-state index in [0.29, 0.717) is 28.4 Å². The minimum Gasteiger partial charge on any atom is -0.497 e. The number of nitrogens with zero attached hydrogens (tertiary/aromatic N) is 4. The number of nitrogens with one attached hydrogen (secondary N) is 1. The largest absolute Gasteiger partial charge is 0.497 e. The Kier molecular flexibility index (Phi) is 6.85. The first kappa shape index (κ1) is 24.0. The molecule has 0 aliphatic heterocycles. The Morgan fingerprint density at radius 1 is 1.21 bits per heavy atom. The number of hydrogen-bond donors (Lipinski definition) is 1. The van der Waals surface area contributed by atoms with Gasteiger partial charge in [0.1, 0.15) is 23.1 Å². The number of hydrogen-bond acceptors (Lipinski definition) is 9. The van der Waals surface area contributed by atoms with Crippen LogP contribution in [0.1, 0.15) is 17.0 Å². The molecule has 3 aromatic rings. The van der Waals surface area contributed by atoms with Gasteiger partial charge >= 0.3 is 0 Å². The standard InChI is InChI=1S/C21H21N5O5S2/c1-12-8-14(13(2)26(12)17-10-16(30-3)6-7-18(17)31-4)9-15(11-22)19(27)23-20-24-25-21(32-20)33(5,28)29/h6-10H,1-5H3,(H,23,24,27). The van der Waals surface area contributed by atoms with Crippen LogP contribution in [0, 0.1) is 25.2 Å². The predicted octanol–water partition coefficient (Wildman–Crippen LogP) is 2.91. The van der Waals surface area contributed by atoms with Crippen LogP contribution in [0.25, 0.3) is 11.8 Å². The van der Waals surface area contributed by atoms with Crippen LogP contribution in [0.2, 0.25) is 0 Å². The number of ether oxygens (including phenoxy) is 2. The minimum absolute atomic E-state index is 0.0202. The van der Waals surface area contributed by atoms with E-state index in [0.717, 1.165) is 23.3 Å². The molecule has 33 heavy (non-hydrogen) atoms. The number of carbonyl (C=O) groups is 1. The summed E-state index contributed by atoms with van der Waals surface area (Å²) in [5.41, 5.74) is 2.85. The molecule has 1 N–H and O–H groups in total. The highest BCUT2D eigenvalue weighted by Crippen LogP contribution is 2.32. The molecule has 10 nitrogen and oxygen atoms in total. The highest BCUT2D eigenvalue weighted by molar-refractivity contribution is 7.92. The molecule has 0 radical (unpaired) electrons.